The Morgan fingerprint density at radius 1 is 1.35 bits per heavy atom. The highest BCUT2D eigenvalue weighted by Crippen LogP contribution is 2.27. The first kappa shape index (κ1) is 12.5. The molecule has 17 heavy (non-hydrogen) atoms. The van der Waals surface area contributed by atoms with Gasteiger partial charge in [-0.15, -0.1) is 0 Å². The second kappa shape index (κ2) is 5.12. The number of hydrogen-bond acceptors (Lipinski definition) is 2. The first-order valence-corrected chi connectivity index (χ1v) is 6.07. The number of hydrogen-bond donors (Lipinski definition) is 1. The predicted molar refractivity (Wildman–Crippen MR) is 69.4 cm³/mol. The van der Waals surface area contributed by atoms with Crippen LogP contribution in [0.1, 0.15) is 17.3 Å². The van der Waals surface area contributed by atoms with Crippen molar-refractivity contribution in [3.8, 4) is 0 Å². The summed E-state index contributed by atoms with van der Waals surface area (Å²) < 4.78 is 14.4. The molecule has 0 saturated heterocycles. The van der Waals surface area contributed by atoms with E-state index in [-0.39, 0.29) is 5.82 Å². The molecule has 5 heteroatoms. The first-order chi connectivity index (χ1) is 8.09. The summed E-state index contributed by atoms with van der Waals surface area (Å²) in [4.78, 5) is 4.09. The fourth-order valence-electron chi connectivity index (χ4n) is 1.53. The van der Waals surface area contributed by atoms with Crippen molar-refractivity contribution in [1.29, 1.82) is 0 Å². The van der Waals surface area contributed by atoms with Crippen LogP contribution >= 0.6 is 27.5 Å². The van der Waals surface area contributed by atoms with Crippen LogP contribution in [0, 0.1) is 5.82 Å². The third-order valence-electron chi connectivity index (χ3n) is 2.37. The average Bonchev–Trinajstić information content (AvgIpc) is 2.32. The third kappa shape index (κ3) is 2.65. The van der Waals surface area contributed by atoms with E-state index in [1.165, 1.54) is 6.07 Å². The molecule has 1 unspecified atom stereocenters. The third-order valence-corrected chi connectivity index (χ3v) is 3.19. The normalized spacial score (nSPS) is 12.5. The molecule has 2 N–H and O–H groups in total. The van der Waals surface area contributed by atoms with Gasteiger partial charge in [-0.1, -0.05) is 27.5 Å². The Kier molecular flexibility index (Phi) is 3.76. The van der Waals surface area contributed by atoms with Crippen LogP contribution in [0.25, 0.3) is 0 Å². The molecule has 1 aromatic heterocycles. The molecule has 1 heterocycles. The summed E-state index contributed by atoms with van der Waals surface area (Å²) in [7, 11) is 0. The fraction of sp³-hybridized carbons (Fsp3) is 0.0833. The second-order valence-electron chi connectivity index (χ2n) is 3.51. The van der Waals surface area contributed by atoms with Crippen molar-refractivity contribution in [2.45, 2.75) is 6.04 Å². The molecule has 2 rings (SSSR count). The largest absolute Gasteiger partial charge is 0.319 e. The van der Waals surface area contributed by atoms with Crippen LogP contribution < -0.4 is 5.73 Å². The number of aromatic nitrogens is 1. The van der Waals surface area contributed by atoms with Crippen LogP contribution in [0.3, 0.4) is 0 Å². The summed E-state index contributed by atoms with van der Waals surface area (Å²) in [6.07, 6.45) is 1.58. The summed E-state index contributed by atoms with van der Waals surface area (Å²) >= 11 is 9.26. The van der Waals surface area contributed by atoms with Crippen molar-refractivity contribution in [3.05, 3.63) is 63.1 Å². The van der Waals surface area contributed by atoms with Crippen molar-refractivity contribution in [2.75, 3.05) is 0 Å². The van der Waals surface area contributed by atoms with E-state index in [2.05, 4.69) is 20.9 Å². The highest BCUT2D eigenvalue weighted by molar-refractivity contribution is 9.10. The van der Waals surface area contributed by atoms with Gasteiger partial charge in [-0.05, 0) is 30.3 Å². The van der Waals surface area contributed by atoms with Crippen molar-refractivity contribution in [3.63, 3.8) is 0 Å². The Labute approximate surface area is 112 Å². The lowest BCUT2D eigenvalue weighted by Gasteiger charge is -2.14. The summed E-state index contributed by atoms with van der Waals surface area (Å²) in [5, 5.41) is 0.430. The predicted octanol–water partition coefficient (Wildman–Crippen LogP) is 3.68. The first-order valence-electron chi connectivity index (χ1n) is 4.90. The monoisotopic (exact) mass is 314 g/mol. The minimum atomic E-state index is -0.679. The second-order valence-corrected chi connectivity index (χ2v) is 4.84. The Balaban J connectivity index is 2.47. The van der Waals surface area contributed by atoms with Gasteiger partial charge in [0.15, 0.2) is 0 Å². The average molecular weight is 316 g/mol. The fourth-order valence-corrected chi connectivity index (χ4v) is 2.14. The van der Waals surface area contributed by atoms with Crippen LogP contribution in [-0.2, 0) is 0 Å². The summed E-state index contributed by atoms with van der Waals surface area (Å²) in [5.74, 6) is -0.373. The minimum absolute atomic E-state index is 0.361. The molecular weight excluding hydrogens is 307 g/mol. The molecule has 0 aliphatic heterocycles. The van der Waals surface area contributed by atoms with E-state index in [0.717, 1.165) is 4.47 Å². The van der Waals surface area contributed by atoms with Gasteiger partial charge >= 0.3 is 0 Å². The number of pyridine rings is 1. The molecule has 0 bridgehead atoms. The Bertz CT molecular complexity index is 548. The van der Waals surface area contributed by atoms with E-state index < -0.39 is 6.04 Å². The van der Waals surface area contributed by atoms with Crippen LogP contribution in [0.2, 0.25) is 5.02 Å². The Morgan fingerprint density at radius 3 is 2.82 bits per heavy atom. The zero-order valence-corrected chi connectivity index (χ0v) is 11.0. The smallest absolute Gasteiger partial charge is 0.128 e. The van der Waals surface area contributed by atoms with Crippen LogP contribution in [0.5, 0.6) is 0 Å². The minimum Gasteiger partial charge on any atom is -0.319 e. The zero-order chi connectivity index (χ0) is 12.4. The number of nitrogens with two attached hydrogens (primary N) is 1. The van der Waals surface area contributed by atoms with Gasteiger partial charge in [0.2, 0.25) is 0 Å². The van der Waals surface area contributed by atoms with Crippen molar-refractivity contribution < 1.29 is 4.39 Å². The SMILES string of the molecule is NC(c1cc(Br)ccc1F)c1ncccc1Cl. The van der Waals surface area contributed by atoms with E-state index in [1.807, 2.05) is 0 Å². The number of nitrogens with zero attached hydrogens (tertiary/aromatic N) is 1. The molecule has 0 amide bonds. The van der Waals surface area contributed by atoms with Crippen molar-refractivity contribution >= 4 is 27.5 Å². The standard InChI is InChI=1S/C12H9BrClFN2/c13-7-3-4-10(15)8(6-7)11(16)12-9(14)2-1-5-17-12/h1-6,11H,16H2. The number of benzene rings is 1. The maximum absolute atomic E-state index is 13.7. The highest BCUT2D eigenvalue weighted by atomic mass is 79.9. The van der Waals surface area contributed by atoms with Gasteiger partial charge in [0.1, 0.15) is 5.82 Å². The lowest BCUT2D eigenvalue weighted by Crippen LogP contribution is -2.15. The van der Waals surface area contributed by atoms with E-state index in [9.17, 15) is 4.39 Å². The van der Waals surface area contributed by atoms with Crippen molar-refractivity contribution in [1.82, 2.24) is 4.98 Å². The van der Waals surface area contributed by atoms with Gasteiger partial charge in [-0.25, -0.2) is 4.39 Å². The molecule has 0 aliphatic rings. The van der Waals surface area contributed by atoms with Gasteiger partial charge in [0, 0.05) is 16.2 Å². The maximum atomic E-state index is 13.7. The number of halogens is 3. The summed E-state index contributed by atoms with van der Waals surface area (Å²) in [6, 6.07) is 7.31. The summed E-state index contributed by atoms with van der Waals surface area (Å²) in [6.45, 7) is 0. The molecule has 1 atom stereocenters. The van der Waals surface area contributed by atoms with Crippen LogP contribution in [0.4, 0.5) is 4.39 Å². The van der Waals surface area contributed by atoms with Crippen molar-refractivity contribution in [2.24, 2.45) is 5.73 Å². The molecule has 2 nitrogen and oxygen atoms in total. The van der Waals surface area contributed by atoms with Crippen LogP contribution in [0.15, 0.2) is 41.0 Å². The van der Waals surface area contributed by atoms with Crippen LogP contribution in [-0.4, -0.2) is 4.98 Å². The highest BCUT2D eigenvalue weighted by Gasteiger charge is 2.17. The molecule has 0 aliphatic carbocycles. The molecule has 0 fully saturated rings. The molecule has 88 valence electrons. The van der Waals surface area contributed by atoms with E-state index >= 15 is 0 Å². The Morgan fingerprint density at radius 2 is 2.12 bits per heavy atom. The maximum Gasteiger partial charge on any atom is 0.128 e. The van der Waals surface area contributed by atoms with Gasteiger partial charge in [0.05, 0.1) is 16.8 Å². The topological polar surface area (TPSA) is 38.9 Å². The van der Waals surface area contributed by atoms with E-state index in [1.54, 1.807) is 30.5 Å². The van der Waals surface area contributed by atoms with Gasteiger partial charge in [-0.2, -0.15) is 0 Å². The lowest BCUT2D eigenvalue weighted by molar-refractivity contribution is 0.597. The van der Waals surface area contributed by atoms with E-state index in [4.69, 9.17) is 17.3 Å². The molecule has 0 saturated carbocycles. The molecule has 0 spiro atoms. The van der Waals surface area contributed by atoms with E-state index in [0.29, 0.717) is 16.3 Å². The zero-order valence-electron chi connectivity index (χ0n) is 8.70. The lowest BCUT2D eigenvalue weighted by atomic mass is 10.0. The van der Waals surface area contributed by atoms with Gasteiger partial charge in [0.25, 0.3) is 0 Å². The summed E-state index contributed by atoms with van der Waals surface area (Å²) in [5.41, 5.74) is 6.80. The number of rotatable bonds is 2. The molecule has 2 aromatic rings. The quantitative estimate of drug-likeness (QED) is 0.918. The molecular formula is C12H9BrClFN2. The van der Waals surface area contributed by atoms with Gasteiger partial charge < -0.3 is 5.73 Å². The molecule has 1 aromatic carbocycles. The van der Waals surface area contributed by atoms with Gasteiger partial charge in [-0.3, -0.25) is 4.98 Å². The molecule has 0 radical (unpaired) electrons. The Hall–Kier alpha value is -0.970.